The molecule has 2 N–H and O–H groups in total. The number of ether oxygens (including phenoxy) is 1. The van der Waals surface area contributed by atoms with Gasteiger partial charge in [-0.05, 0) is 73.8 Å². The standard InChI is InChI=1S/C27H28ClFN4O4/c28-20-3-6-23-22(15-20)33(25(35)17-37-23)16-24(34)31-27(9-11-30-12-10-27)26(36)32-13-7-19(8-14-32)18-1-4-21(29)5-2-18/h1-7,15,30H,8-14,16-17H2,(H,31,34). The van der Waals surface area contributed by atoms with Crippen molar-refractivity contribution in [2.45, 2.75) is 24.8 Å². The number of hydrogen-bond donors (Lipinski definition) is 2. The molecule has 194 valence electrons. The average molecular weight is 527 g/mol. The predicted molar refractivity (Wildman–Crippen MR) is 138 cm³/mol. The number of nitrogens with one attached hydrogen (secondary N) is 2. The van der Waals surface area contributed by atoms with Gasteiger partial charge in [0, 0.05) is 18.1 Å². The van der Waals surface area contributed by atoms with E-state index in [4.69, 9.17) is 16.3 Å². The number of fused-ring (bicyclic) bond motifs is 1. The second-order valence-electron chi connectivity index (χ2n) is 9.50. The summed E-state index contributed by atoms with van der Waals surface area (Å²) in [6.45, 7) is 1.67. The van der Waals surface area contributed by atoms with Crippen LogP contribution in [0.4, 0.5) is 10.1 Å². The summed E-state index contributed by atoms with van der Waals surface area (Å²) in [4.78, 5) is 42.7. The van der Waals surface area contributed by atoms with Crippen LogP contribution in [0.15, 0.2) is 48.5 Å². The first-order chi connectivity index (χ1) is 17.8. The highest BCUT2D eigenvalue weighted by molar-refractivity contribution is 6.31. The summed E-state index contributed by atoms with van der Waals surface area (Å²) in [7, 11) is 0. The molecule has 0 aromatic heterocycles. The lowest BCUT2D eigenvalue weighted by Gasteiger charge is -2.42. The van der Waals surface area contributed by atoms with Crippen LogP contribution in [0.25, 0.3) is 5.57 Å². The molecule has 0 atom stereocenters. The van der Waals surface area contributed by atoms with Crippen LogP contribution in [0.1, 0.15) is 24.8 Å². The van der Waals surface area contributed by atoms with Gasteiger partial charge in [-0.15, -0.1) is 0 Å². The molecule has 8 nitrogen and oxygen atoms in total. The molecule has 3 aliphatic rings. The van der Waals surface area contributed by atoms with Gasteiger partial charge in [0.05, 0.1) is 5.69 Å². The number of rotatable bonds is 5. The Kier molecular flexibility index (Phi) is 7.17. The molecule has 0 spiro atoms. The van der Waals surface area contributed by atoms with Gasteiger partial charge in [0.1, 0.15) is 23.7 Å². The van der Waals surface area contributed by atoms with Crippen LogP contribution < -0.4 is 20.3 Å². The fourth-order valence-electron chi connectivity index (χ4n) is 5.13. The summed E-state index contributed by atoms with van der Waals surface area (Å²) in [5, 5.41) is 6.66. The Morgan fingerprint density at radius 1 is 1.14 bits per heavy atom. The van der Waals surface area contributed by atoms with Crippen molar-refractivity contribution in [2.75, 3.05) is 44.2 Å². The highest BCUT2D eigenvalue weighted by Crippen LogP contribution is 2.34. The number of hydrogen-bond acceptors (Lipinski definition) is 5. The number of benzene rings is 2. The van der Waals surface area contributed by atoms with Gasteiger partial charge in [0.2, 0.25) is 11.8 Å². The van der Waals surface area contributed by atoms with Crippen molar-refractivity contribution in [3.8, 4) is 5.75 Å². The largest absolute Gasteiger partial charge is 0.482 e. The number of amides is 3. The second-order valence-corrected chi connectivity index (χ2v) is 9.93. The fraction of sp³-hybridized carbons (Fsp3) is 0.370. The van der Waals surface area contributed by atoms with E-state index in [0.717, 1.165) is 11.1 Å². The number of nitrogens with zero attached hydrogens (tertiary/aromatic N) is 2. The van der Waals surface area contributed by atoms with Crippen LogP contribution in [0.2, 0.25) is 5.02 Å². The van der Waals surface area contributed by atoms with Crippen LogP contribution in [0, 0.1) is 5.82 Å². The lowest BCUT2D eigenvalue weighted by molar-refractivity contribution is -0.142. The number of anilines is 1. The first-order valence-corrected chi connectivity index (χ1v) is 12.7. The third kappa shape index (κ3) is 5.33. The summed E-state index contributed by atoms with van der Waals surface area (Å²) in [5.41, 5.74) is 1.37. The minimum atomic E-state index is -1.06. The highest BCUT2D eigenvalue weighted by Gasteiger charge is 2.44. The fourth-order valence-corrected chi connectivity index (χ4v) is 5.29. The minimum absolute atomic E-state index is 0.131. The molecule has 3 aliphatic heterocycles. The van der Waals surface area contributed by atoms with Crippen molar-refractivity contribution >= 4 is 40.6 Å². The lowest BCUT2D eigenvalue weighted by Crippen LogP contribution is -2.65. The van der Waals surface area contributed by atoms with Gasteiger partial charge in [-0.25, -0.2) is 4.39 Å². The van der Waals surface area contributed by atoms with Crippen molar-refractivity contribution in [3.63, 3.8) is 0 Å². The monoisotopic (exact) mass is 526 g/mol. The van der Waals surface area contributed by atoms with Crippen molar-refractivity contribution in [1.29, 1.82) is 0 Å². The Morgan fingerprint density at radius 3 is 2.59 bits per heavy atom. The van der Waals surface area contributed by atoms with E-state index < -0.39 is 11.4 Å². The lowest BCUT2D eigenvalue weighted by atomic mass is 9.85. The van der Waals surface area contributed by atoms with Gasteiger partial charge in [0.25, 0.3) is 5.91 Å². The Balaban J connectivity index is 1.30. The highest BCUT2D eigenvalue weighted by atomic mass is 35.5. The molecule has 0 bridgehead atoms. The summed E-state index contributed by atoms with van der Waals surface area (Å²) in [6.07, 6.45) is 3.52. The van der Waals surface area contributed by atoms with Gasteiger partial charge in [-0.2, -0.15) is 0 Å². The van der Waals surface area contributed by atoms with Crippen LogP contribution in [-0.2, 0) is 14.4 Å². The molecule has 37 heavy (non-hydrogen) atoms. The molecular formula is C27H28ClFN4O4. The number of carbonyl (C=O) groups is 3. The summed E-state index contributed by atoms with van der Waals surface area (Å²) >= 11 is 6.12. The Labute approximate surface area is 219 Å². The molecule has 0 saturated carbocycles. The molecule has 2 aromatic rings. The zero-order valence-electron chi connectivity index (χ0n) is 20.3. The van der Waals surface area contributed by atoms with Crippen molar-refractivity contribution < 1.29 is 23.5 Å². The molecule has 1 fully saturated rings. The maximum atomic E-state index is 13.8. The quantitative estimate of drug-likeness (QED) is 0.625. The van der Waals surface area contributed by atoms with E-state index in [9.17, 15) is 18.8 Å². The van der Waals surface area contributed by atoms with Gasteiger partial charge >= 0.3 is 0 Å². The predicted octanol–water partition coefficient (Wildman–Crippen LogP) is 2.76. The maximum absolute atomic E-state index is 13.8. The van der Waals surface area contributed by atoms with E-state index >= 15 is 0 Å². The topological polar surface area (TPSA) is 91.0 Å². The van der Waals surface area contributed by atoms with Crippen LogP contribution in [0.3, 0.4) is 0 Å². The summed E-state index contributed by atoms with van der Waals surface area (Å²) in [6, 6.07) is 11.3. The van der Waals surface area contributed by atoms with Crippen molar-refractivity contribution in [3.05, 3.63) is 64.9 Å². The van der Waals surface area contributed by atoms with E-state index in [1.54, 1.807) is 35.2 Å². The molecule has 5 rings (SSSR count). The van der Waals surface area contributed by atoms with Gasteiger partial charge in [-0.3, -0.25) is 19.3 Å². The molecule has 0 radical (unpaired) electrons. The van der Waals surface area contributed by atoms with Crippen molar-refractivity contribution in [2.24, 2.45) is 0 Å². The first kappa shape index (κ1) is 25.2. The molecule has 0 unspecified atom stereocenters. The van der Waals surface area contributed by atoms with Gasteiger partial charge in [-0.1, -0.05) is 29.8 Å². The Hall–Kier alpha value is -3.43. The molecule has 3 amide bonds. The van der Waals surface area contributed by atoms with E-state index in [1.165, 1.54) is 17.0 Å². The third-order valence-corrected chi connectivity index (χ3v) is 7.36. The average Bonchev–Trinajstić information content (AvgIpc) is 2.91. The first-order valence-electron chi connectivity index (χ1n) is 12.3. The molecule has 0 aliphatic carbocycles. The van der Waals surface area contributed by atoms with Gasteiger partial charge in [0.15, 0.2) is 6.61 Å². The second kappa shape index (κ2) is 10.5. The van der Waals surface area contributed by atoms with E-state index in [-0.39, 0.29) is 30.8 Å². The third-order valence-electron chi connectivity index (χ3n) is 7.12. The van der Waals surface area contributed by atoms with Gasteiger partial charge < -0.3 is 20.3 Å². The zero-order chi connectivity index (χ0) is 26.0. The molecule has 1 saturated heterocycles. The number of piperidine rings is 1. The minimum Gasteiger partial charge on any atom is -0.482 e. The van der Waals surface area contributed by atoms with Crippen LogP contribution in [-0.4, -0.2) is 67.5 Å². The van der Waals surface area contributed by atoms with E-state index in [0.29, 0.717) is 61.9 Å². The molecular weight excluding hydrogens is 499 g/mol. The summed E-state index contributed by atoms with van der Waals surface area (Å²) < 4.78 is 18.8. The van der Waals surface area contributed by atoms with Crippen molar-refractivity contribution in [1.82, 2.24) is 15.5 Å². The van der Waals surface area contributed by atoms with E-state index in [1.807, 2.05) is 6.08 Å². The van der Waals surface area contributed by atoms with Crippen LogP contribution >= 0.6 is 11.6 Å². The zero-order valence-corrected chi connectivity index (χ0v) is 21.0. The Bertz CT molecular complexity index is 1240. The normalized spacial score (nSPS) is 19.0. The summed E-state index contributed by atoms with van der Waals surface area (Å²) in [5.74, 6) is -0.720. The smallest absolute Gasteiger partial charge is 0.265 e. The SMILES string of the molecule is O=C(CN1C(=O)COc2ccc(Cl)cc21)NC1(C(=O)N2CC=C(c3ccc(F)cc3)CC2)CCNCC1. The number of carbonyl (C=O) groups excluding carboxylic acids is 3. The number of halogens is 2. The molecule has 10 heteroatoms. The molecule has 3 heterocycles. The molecule has 2 aromatic carbocycles. The van der Waals surface area contributed by atoms with Crippen LogP contribution in [0.5, 0.6) is 5.75 Å². The van der Waals surface area contributed by atoms with E-state index in [2.05, 4.69) is 10.6 Å². The Morgan fingerprint density at radius 2 is 1.89 bits per heavy atom. The maximum Gasteiger partial charge on any atom is 0.265 e.